The first-order valence-electron chi connectivity index (χ1n) is 8.60. The molecule has 0 aliphatic carbocycles. The lowest BCUT2D eigenvalue weighted by atomic mass is 9.81. The molecule has 1 aliphatic heterocycles. The van der Waals surface area contributed by atoms with E-state index in [0.29, 0.717) is 31.9 Å². The van der Waals surface area contributed by atoms with Crippen LogP contribution in [0.4, 0.5) is 29.1 Å². The van der Waals surface area contributed by atoms with Gasteiger partial charge in [0, 0.05) is 42.5 Å². The molecule has 7 nitrogen and oxygen atoms in total. The monoisotopic (exact) mass is 384 g/mol. The molecular formula is C16H22BF3N5O2-. The Hall–Kier alpha value is -2.55. The van der Waals surface area contributed by atoms with Gasteiger partial charge in [0.15, 0.2) is 0 Å². The van der Waals surface area contributed by atoms with Crippen LogP contribution < -0.4 is 4.90 Å². The van der Waals surface area contributed by atoms with Gasteiger partial charge in [-0.1, -0.05) is 23.1 Å². The number of ether oxygens (including phenoxy) is 1. The number of hydrogen-bond donors (Lipinski definition) is 0. The molecule has 2 rings (SSSR count). The SMILES string of the molecule is CC(C)(C)OC(=O)N1CCN(c2cc(C[B-](F)(F)F)cc(N=[N+]=[N-])c2)CC1. The highest BCUT2D eigenvalue weighted by molar-refractivity contribution is 6.57. The van der Waals surface area contributed by atoms with E-state index in [1.807, 2.05) is 4.90 Å². The molecule has 0 bridgehead atoms. The summed E-state index contributed by atoms with van der Waals surface area (Å²) in [7, 11) is 0. The van der Waals surface area contributed by atoms with Gasteiger partial charge in [0.05, 0.1) is 0 Å². The minimum absolute atomic E-state index is 0.0528. The molecule has 0 unspecified atom stereocenters. The van der Waals surface area contributed by atoms with E-state index in [0.717, 1.165) is 0 Å². The summed E-state index contributed by atoms with van der Waals surface area (Å²) in [6.45, 7) is 2.01. The Morgan fingerprint density at radius 2 is 1.85 bits per heavy atom. The number of benzene rings is 1. The van der Waals surface area contributed by atoms with Crippen molar-refractivity contribution < 1.29 is 22.5 Å². The molecule has 1 aromatic carbocycles. The number of carbonyl (C=O) groups is 1. The van der Waals surface area contributed by atoms with Crippen molar-refractivity contribution in [3.8, 4) is 0 Å². The Morgan fingerprint density at radius 3 is 2.37 bits per heavy atom. The highest BCUT2D eigenvalue weighted by atomic mass is 19.4. The maximum Gasteiger partial charge on any atom is 0.482 e. The molecule has 1 fully saturated rings. The highest BCUT2D eigenvalue weighted by Crippen LogP contribution is 2.28. The van der Waals surface area contributed by atoms with Crippen molar-refractivity contribution in [2.45, 2.75) is 32.7 Å². The number of anilines is 1. The third-order valence-corrected chi connectivity index (χ3v) is 3.89. The standard InChI is InChI=1S/C16H22BF3N5O2/c1-16(2,3)27-15(26)25-6-4-24(5-7-25)14-9-12(11-17(18,19)20)8-13(10-14)22-23-21/h8-10H,4-7,11H2,1-3H3/q-1. The lowest BCUT2D eigenvalue weighted by molar-refractivity contribution is 0.0240. The number of rotatable bonds is 4. The van der Waals surface area contributed by atoms with E-state index in [2.05, 4.69) is 10.0 Å². The van der Waals surface area contributed by atoms with Gasteiger partial charge in [-0.15, -0.1) is 0 Å². The van der Waals surface area contributed by atoms with Crippen molar-refractivity contribution in [3.63, 3.8) is 0 Å². The number of azide groups is 1. The molecule has 0 N–H and O–H groups in total. The Morgan fingerprint density at radius 1 is 1.22 bits per heavy atom. The lowest BCUT2D eigenvalue weighted by Crippen LogP contribution is -2.50. The third-order valence-electron chi connectivity index (χ3n) is 3.89. The maximum absolute atomic E-state index is 12.8. The zero-order chi connectivity index (χ0) is 20.2. The number of amides is 1. The first-order chi connectivity index (χ1) is 12.5. The summed E-state index contributed by atoms with van der Waals surface area (Å²) in [6, 6.07) is 4.25. The van der Waals surface area contributed by atoms with Crippen LogP contribution in [0, 0.1) is 0 Å². The molecular weight excluding hydrogens is 362 g/mol. The van der Waals surface area contributed by atoms with Gasteiger partial charge >= 0.3 is 13.1 Å². The molecule has 0 atom stereocenters. The molecule has 1 aromatic rings. The molecule has 1 amide bonds. The largest absolute Gasteiger partial charge is 0.482 e. The van der Waals surface area contributed by atoms with Crippen LogP contribution in [0.3, 0.4) is 0 Å². The number of piperazine rings is 1. The molecule has 1 aliphatic rings. The number of halogens is 3. The normalized spacial score (nSPS) is 15.3. The smallest absolute Gasteiger partial charge is 0.449 e. The van der Waals surface area contributed by atoms with E-state index in [4.69, 9.17) is 10.3 Å². The molecule has 0 radical (unpaired) electrons. The van der Waals surface area contributed by atoms with Crippen LogP contribution in [0.15, 0.2) is 23.3 Å². The Labute approximate surface area is 155 Å². The summed E-state index contributed by atoms with van der Waals surface area (Å²) in [4.78, 5) is 18.2. The van der Waals surface area contributed by atoms with Crippen LogP contribution in [0.25, 0.3) is 10.4 Å². The second kappa shape index (κ2) is 8.00. The first kappa shape index (κ1) is 20.8. The molecule has 1 heterocycles. The summed E-state index contributed by atoms with van der Waals surface area (Å²) >= 11 is 0. The Balaban J connectivity index is 2.12. The van der Waals surface area contributed by atoms with Gasteiger partial charge in [-0.2, -0.15) is 0 Å². The van der Waals surface area contributed by atoms with Gasteiger partial charge in [0.25, 0.3) is 0 Å². The molecule has 0 spiro atoms. The van der Waals surface area contributed by atoms with Gasteiger partial charge in [-0.25, -0.2) is 4.79 Å². The third kappa shape index (κ3) is 6.60. The lowest BCUT2D eigenvalue weighted by Gasteiger charge is -2.37. The van der Waals surface area contributed by atoms with E-state index < -0.39 is 25.0 Å². The van der Waals surface area contributed by atoms with E-state index in [1.165, 1.54) is 12.1 Å². The molecule has 11 heteroatoms. The molecule has 0 saturated carbocycles. The quantitative estimate of drug-likeness (QED) is 0.329. The first-order valence-corrected chi connectivity index (χ1v) is 8.60. The Kier molecular flexibility index (Phi) is 6.15. The van der Waals surface area contributed by atoms with E-state index in [-0.39, 0.29) is 11.3 Å². The molecule has 1 saturated heterocycles. The van der Waals surface area contributed by atoms with Crippen LogP contribution in [0.2, 0.25) is 0 Å². The van der Waals surface area contributed by atoms with E-state index in [9.17, 15) is 17.7 Å². The summed E-state index contributed by atoms with van der Waals surface area (Å²) in [5.41, 5.74) is 8.74. The number of nitrogens with zero attached hydrogens (tertiary/aromatic N) is 5. The average Bonchev–Trinajstić information content (AvgIpc) is 2.52. The van der Waals surface area contributed by atoms with Gasteiger partial charge in [0.1, 0.15) is 5.60 Å². The summed E-state index contributed by atoms with van der Waals surface area (Å²) in [5, 5.41) is 3.45. The summed E-state index contributed by atoms with van der Waals surface area (Å²) < 4.78 is 43.7. The van der Waals surface area contributed by atoms with E-state index >= 15 is 0 Å². The maximum atomic E-state index is 12.8. The van der Waals surface area contributed by atoms with Crippen molar-refractivity contribution in [1.82, 2.24) is 4.90 Å². The van der Waals surface area contributed by atoms with Gasteiger partial charge in [0.2, 0.25) is 0 Å². The minimum atomic E-state index is -5.00. The van der Waals surface area contributed by atoms with Crippen LogP contribution in [0.5, 0.6) is 0 Å². The van der Waals surface area contributed by atoms with Crippen LogP contribution in [-0.2, 0) is 11.1 Å². The second-order valence-corrected chi connectivity index (χ2v) is 7.42. The van der Waals surface area contributed by atoms with Crippen molar-refractivity contribution in [1.29, 1.82) is 0 Å². The van der Waals surface area contributed by atoms with Crippen LogP contribution >= 0.6 is 0 Å². The van der Waals surface area contributed by atoms with Gasteiger partial charge < -0.3 is 27.5 Å². The summed E-state index contributed by atoms with van der Waals surface area (Å²) in [6.07, 6.45) is -1.45. The minimum Gasteiger partial charge on any atom is -0.449 e. The second-order valence-electron chi connectivity index (χ2n) is 7.42. The zero-order valence-corrected chi connectivity index (χ0v) is 15.5. The van der Waals surface area contributed by atoms with Gasteiger partial charge in [-0.3, -0.25) is 0 Å². The van der Waals surface area contributed by atoms with Crippen molar-refractivity contribution in [2.24, 2.45) is 5.11 Å². The Bertz CT molecular complexity index is 737. The zero-order valence-electron chi connectivity index (χ0n) is 15.5. The van der Waals surface area contributed by atoms with Crippen molar-refractivity contribution >= 4 is 24.4 Å². The fourth-order valence-electron chi connectivity index (χ4n) is 2.81. The van der Waals surface area contributed by atoms with Crippen molar-refractivity contribution in [2.75, 3.05) is 31.1 Å². The number of carbonyl (C=O) groups excluding carboxylic acids is 1. The van der Waals surface area contributed by atoms with E-state index in [1.54, 1.807) is 31.7 Å². The molecule has 148 valence electrons. The predicted molar refractivity (Wildman–Crippen MR) is 98.1 cm³/mol. The average molecular weight is 384 g/mol. The highest BCUT2D eigenvalue weighted by Gasteiger charge is 2.27. The topological polar surface area (TPSA) is 81.5 Å². The number of hydrogen-bond acceptors (Lipinski definition) is 4. The molecule has 27 heavy (non-hydrogen) atoms. The predicted octanol–water partition coefficient (Wildman–Crippen LogP) is 4.61. The fraction of sp³-hybridized carbons (Fsp3) is 0.562. The fourth-order valence-corrected chi connectivity index (χ4v) is 2.81. The van der Waals surface area contributed by atoms with Crippen LogP contribution in [-0.4, -0.2) is 49.8 Å². The molecule has 0 aromatic heterocycles. The van der Waals surface area contributed by atoms with Gasteiger partial charge in [-0.05, 0) is 38.4 Å². The summed E-state index contributed by atoms with van der Waals surface area (Å²) in [5.74, 6) is 0. The van der Waals surface area contributed by atoms with Crippen LogP contribution in [0.1, 0.15) is 26.3 Å². The van der Waals surface area contributed by atoms with Crippen molar-refractivity contribution in [3.05, 3.63) is 34.2 Å².